The highest BCUT2D eigenvalue weighted by Crippen LogP contribution is 2.40. The molecule has 1 saturated carbocycles. The minimum Gasteiger partial charge on any atom is -0.327 e. The molecule has 1 aliphatic rings. The Morgan fingerprint density at radius 1 is 1.19 bits per heavy atom. The Labute approximate surface area is 95.6 Å². The summed E-state index contributed by atoms with van der Waals surface area (Å²) in [6.45, 7) is 4.16. The smallest absolute Gasteiger partial charge is 0.327 e. The van der Waals surface area contributed by atoms with Gasteiger partial charge < -0.3 is 5.73 Å². The largest absolute Gasteiger partial charge is 0.391 e. The summed E-state index contributed by atoms with van der Waals surface area (Å²) in [5, 5.41) is 0. The average Bonchev–Trinajstić information content (AvgIpc) is 2.26. The Morgan fingerprint density at radius 2 is 1.69 bits per heavy atom. The van der Waals surface area contributed by atoms with Crippen LogP contribution in [0.15, 0.2) is 0 Å². The summed E-state index contributed by atoms with van der Waals surface area (Å²) in [5.41, 5.74) is 6.08. The van der Waals surface area contributed by atoms with Gasteiger partial charge in [0.25, 0.3) is 0 Å². The summed E-state index contributed by atoms with van der Waals surface area (Å²) in [7, 11) is 0. The Balaban J connectivity index is 2.43. The van der Waals surface area contributed by atoms with Crippen molar-refractivity contribution in [2.75, 3.05) is 0 Å². The molecule has 0 aliphatic heterocycles. The van der Waals surface area contributed by atoms with Crippen molar-refractivity contribution in [1.82, 2.24) is 0 Å². The van der Waals surface area contributed by atoms with Gasteiger partial charge in [0.1, 0.15) is 0 Å². The van der Waals surface area contributed by atoms with Gasteiger partial charge in [-0.2, -0.15) is 13.2 Å². The first kappa shape index (κ1) is 13.8. The summed E-state index contributed by atoms with van der Waals surface area (Å²) in [4.78, 5) is 0. The topological polar surface area (TPSA) is 26.0 Å². The SMILES string of the molecule is CCC(C)C(N)C1CCC(C(F)(F)F)CC1. The number of rotatable bonds is 3. The molecule has 0 saturated heterocycles. The van der Waals surface area contributed by atoms with Crippen molar-refractivity contribution in [3.63, 3.8) is 0 Å². The summed E-state index contributed by atoms with van der Waals surface area (Å²) in [5.74, 6) is -0.395. The summed E-state index contributed by atoms with van der Waals surface area (Å²) in [6, 6.07) is 0.0687. The van der Waals surface area contributed by atoms with Crippen molar-refractivity contribution in [2.24, 2.45) is 23.5 Å². The number of hydrogen-bond donors (Lipinski definition) is 1. The molecule has 0 heterocycles. The highest BCUT2D eigenvalue weighted by Gasteiger charge is 2.42. The van der Waals surface area contributed by atoms with Crippen LogP contribution in [-0.2, 0) is 0 Å². The third-order valence-corrected chi connectivity index (χ3v) is 4.08. The molecule has 1 nitrogen and oxygen atoms in total. The van der Waals surface area contributed by atoms with E-state index in [1.54, 1.807) is 0 Å². The van der Waals surface area contributed by atoms with Crippen LogP contribution in [0.5, 0.6) is 0 Å². The molecule has 0 aromatic heterocycles. The van der Waals surface area contributed by atoms with E-state index in [-0.39, 0.29) is 24.8 Å². The van der Waals surface area contributed by atoms with Crippen LogP contribution in [0.3, 0.4) is 0 Å². The molecule has 2 N–H and O–H groups in total. The highest BCUT2D eigenvalue weighted by molar-refractivity contribution is 4.84. The fourth-order valence-corrected chi connectivity index (χ4v) is 2.57. The van der Waals surface area contributed by atoms with E-state index in [2.05, 4.69) is 13.8 Å². The zero-order valence-corrected chi connectivity index (χ0v) is 10.1. The molecule has 0 aromatic rings. The third kappa shape index (κ3) is 3.37. The monoisotopic (exact) mass is 237 g/mol. The van der Waals surface area contributed by atoms with Gasteiger partial charge in [-0.05, 0) is 37.5 Å². The van der Waals surface area contributed by atoms with E-state index < -0.39 is 12.1 Å². The zero-order chi connectivity index (χ0) is 12.3. The number of halogens is 3. The zero-order valence-electron chi connectivity index (χ0n) is 10.1. The third-order valence-electron chi connectivity index (χ3n) is 4.08. The standard InChI is InChI=1S/C12H22F3N/c1-3-8(2)11(16)9-4-6-10(7-5-9)12(13,14)15/h8-11H,3-7,16H2,1-2H3. The Hall–Kier alpha value is -0.250. The number of nitrogens with two attached hydrogens (primary N) is 1. The van der Waals surface area contributed by atoms with Crippen LogP contribution in [0.25, 0.3) is 0 Å². The minimum atomic E-state index is -4.01. The van der Waals surface area contributed by atoms with Gasteiger partial charge in [-0.15, -0.1) is 0 Å². The lowest BCUT2D eigenvalue weighted by Gasteiger charge is -2.35. The molecule has 0 aromatic carbocycles. The van der Waals surface area contributed by atoms with Gasteiger partial charge in [0, 0.05) is 6.04 Å². The molecule has 0 spiro atoms. The molecular weight excluding hydrogens is 215 g/mol. The van der Waals surface area contributed by atoms with Gasteiger partial charge in [-0.25, -0.2) is 0 Å². The predicted molar refractivity (Wildman–Crippen MR) is 58.9 cm³/mol. The minimum absolute atomic E-state index is 0.0687. The van der Waals surface area contributed by atoms with E-state index in [0.29, 0.717) is 18.8 Å². The fraction of sp³-hybridized carbons (Fsp3) is 1.00. The van der Waals surface area contributed by atoms with E-state index in [0.717, 1.165) is 6.42 Å². The molecule has 1 fully saturated rings. The van der Waals surface area contributed by atoms with Gasteiger partial charge in [-0.3, -0.25) is 0 Å². The van der Waals surface area contributed by atoms with E-state index in [9.17, 15) is 13.2 Å². The summed E-state index contributed by atoms with van der Waals surface area (Å²) in [6.07, 6.45) is -1.21. The van der Waals surface area contributed by atoms with Gasteiger partial charge in [-0.1, -0.05) is 20.3 Å². The Bertz CT molecular complexity index is 207. The molecule has 2 unspecified atom stereocenters. The van der Waals surface area contributed by atoms with Gasteiger partial charge in [0.2, 0.25) is 0 Å². The molecule has 16 heavy (non-hydrogen) atoms. The lowest BCUT2D eigenvalue weighted by molar-refractivity contribution is -0.184. The van der Waals surface area contributed by atoms with Crippen LogP contribution in [0.4, 0.5) is 13.2 Å². The molecule has 4 heteroatoms. The maximum absolute atomic E-state index is 12.5. The van der Waals surface area contributed by atoms with Crippen molar-refractivity contribution >= 4 is 0 Å². The Morgan fingerprint density at radius 3 is 2.06 bits per heavy atom. The average molecular weight is 237 g/mol. The van der Waals surface area contributed by atoms with Gasteiger partial charge in [0.05, 0.1) is 5.92 Å². The van der Waals surface area contributed by atoms with Crippen LogP contribution in [0.1, 0.15) is 46.0 Å². The first-order chi connectivity index (χ1) is 7.36. The van der Waals surface area contributed by atoms with Crippen molar-refractivity contribution in [2.45, 2.75) is 58.2 Å². The van der Waals surface area contributed by atoms with Crippen LogP contribution in [-0.4, -0.2) is 12.2 Å². The number of hydrogen-bond acceptors (Lipinski definition) is 1. The van der Waals surface area contributed by atoms with Gasteiger partial charge in [0.15, 0.2) is 0 Å². The van der Waals surface area contributed by atoms with E-state index in [4.69, 9.17) is 5.73 Å². The lowest BCUT2D eigenvalue weighted by Crippen LogP contribution is -2.39. The van der Waals surface area contributed by atoms with Gasteiger partial charge >= 0.3 is 6.18 Å². The van der Waals surface area contributed by atoms with Crippen LogP contribution >= 0.6 is 0 Å². The van der Waals surface area contributed by atoms with Crippen LogP contribution in [0.2, 0.25) is 0 Å². The summed E-state index contributed by atoms with van der Waals surface area (Å²) < 4.78 is 37.4. The number of alkyl halides is 3. The second kappa shape index (κ2) is 5.39. The van der Waals surface area contributed by atoms with Crippen LogP contribution in [0, 0.1) is 17.8 Å². The fourth-order valence-electron chi connectivity index (χ4n) is 2.57. The molecule has 1 rings (SSSR count). The Kier molecular flexibility index (Phi) is 4.65. The lowest BCUT2D eigenvalue weighted by atomic mass is 9.75. The first-order valence-corrected chi connectivity index (χ1v) is 6.18. The van der Waals surface area contributed by atoms with Crippen LogP contribution < -0.4 is 5.73 Å². The molecule has 0 radical (unpaired) electrons. The van der Waals surface area contributed by atoms with Crippen molar-refractivity contribution in [3.05, 3.63) is 0 Å². The summed E-state index contributed by atoms with van der Waals surface area (Å²) >= 11 is 0. The predicted octanol–water partition coefficient (Wildman–Crippen LogP) is 3.73. The normalized spacial score (nSPS) is 31.1. The highest BCUT2D eigenvalue weighted by atomic mass is 19.4. The van der Waals surface area contributed by atoms with Crippen molar-refractivity contribution in [3.8, 4) is 0 Å². The van der Waals surface area contributed by atoms with E-state index in [1.165, 1.54) is 0 Å². The maximum atomic E-state index is 12.5. The second-order valence-electron chi connectivity index (χ2n) is 5.12. The quantitative estimate of drug-likeness (QED) is 0.795. The molecule has 0 amide bonds. The molecule has 0 bridgehead atoms. The molecule has 96 valence electrons. The molecular formula is C12H22F3N. The van der Waals surface area contributed by atoms with Crippen molar-refractivity contribution in [1.29, 1.82) is 0 Å². The molecule has 2 atom stereocenters. The van der Waals surface area contributed by atoms with Crippen molar-refractivity contribution < 1.29 is 13.2 Å². The maximum Gasteiger partial charge on any atom is 0.391 e. The molecule has 1 aliphatic carbocycles. The van der Waals surface area contributed by atoms with E-state index in [1.807, 2.05) is 0 Å². The first-order valence-electron chi connectivity index (χ1n) is 6.18. The second-order valence-corrected chi connectivity index (χ2v) is 5.12. The van der Waals surface area contributed by atoms with E-state index >= 15 is 0 Å².